The van der Waals surface area contributed by atoms with Gasteiger partial charge in [-0.15, -0.1) is 0 Å². The maximum absolute atomic E-state index is 12.9. The first kappa shape index (κ1) is 18.6. The van der Waals surface area contributed by atoms with Crippen LogP contribution in [-0.2, 0) is 14.3 Å². The minimum absolute atomic E-state index is 0.345. The summed E-state index contributed by atoms with van der Waals surface area (Å²) in [7, 11) is 0. The molecule has 6 nitrogen and oxygen atoms in total. The second-order valence-corrected chi connectivity index (χ2v) is 6.59. The number of esters is 1. The Kier molecular flexibility index (Phi) is 7.03. The number of hydrogen-bond acceptors (Lipinski definition) is 6. The molecule has 3 N–H and O–H groups in total. The molecule has 1 aliphatic heterocycles. The maximum Gasteiger partial charge on any atom is 0.347 e. The van der Waals surface area contributed by atoms with Crippen LogP contribution in [0.5, 0.6) is 0 Å². The molecular formula is C16H29N3O3. The van der Waals surface area contributed by atoms with Crippen molar-refractivity contribution < 1.29 is 14.3 Å². The Balaban J connectivity index is 3.08. The van der Waals surface area contributed by atoms with Gasteiger partial charge in [0.1, 0.15) is 11.9 Å². The minimum atomic E-state index is -1.01. The van der Waals surface area contributed by atoms with Gasteiger partial charge in [-0.2, -0.15) is 0 Å². The van der Waals surface area contributed by atoms with E-state index in [4.69, 9.17) is 10.5 Å². The fourth-order valence-corrected chi connectivity index (χ4v) is 2.68. The van der Waals surface area contributed by atoms with Gasteiger partial charge in [0.2, 0.25) is 0 Å². The van der Waals surface area contributed by atoms with Crippen LogP contribution in [0.25, 0.3) is 0 Å². The molecule has 0 amide bonds. The summed E-state index contributed by atoms with van der Waals surface area (Å²) in [5.74, 6) is -0.345. The van der Waals surface area contributed by atoms with Gasteiger partial charge >= 0.3 is 5.97 Å². The van der Waals surface area contributed by atoms with E-state index < -0.39 is 11.3 Å². The average Bonchev–Trinajstić information content (AvgIpc) is 2.45. The Labute approximate surface area is 133 Å². The Morgan fingerprint density at radius 2 is 1.91 bits per heavy atom. The lowest BCUT2D eigenvalue weighted by Crippen LogP contribution is -2.65. The average molecular weight is 311 g/mol. The van der Waals surface area contributed by atoms with Crippen molar-refractivity contribution in [2.45, 2.75) is 57.7 Å². The van der Waals surface area contributed by atoms with Crippen LogP contribution in [0.3, 0.4) is 0 Å². The Bertz CT molecular complexity index is 398. The number of nitrogens with one attached hydrogen (secondary N) is 1. The first-order chi connectivity index (χ1) is 10.4. The maximum atomic E-state index is 12.9. The molecule has 126 valence electrons. The summed E-state index contributed by atoms with van der Waals surface area (Å²) >= 11 is 0. The highest BCUT2D eigenvalue weighted by Crippen LogP contribution is 2.25. The highest BCUT2D eigenvalue weighted by Gasteiger charge is 2.45. The smallest absolute Gasteiger partial charge is 0.347 e. The minimum Gasteiger partial charge on any atom is -0.457 e. The molecule has 1 fully saturated rings. The van der Waals surface area contributed by atoms with Gasteiger partial charge in [-0.3, -0.25) is 9.69 Å². The zero-order valence-corrected chi connectivity index (χ0v) is 13.9. The van der Waals surface area contributed by atoms with Gasteiger partial charge in [-0.25, -0.2) is 4.79 Å². The molecule has 0 aromatic carbocycles. The van der Waals surface area contributed by atoms with Crippen molar-refractivity contribution in [3.63, 3.8) is 0 Å². The van der Waals surface area contributed by atoms with Crippen LogP contribution in [0.1, 0.15) is 46.5 Å². The number of nitrogens with zero attached hydrogens (tertiary/aromatic N) is 1. The molecule has 1 rings (SSSR count). The SMILES string of the molecule is CC(C)(C)OC(=O)C(CCN)(NC=CC=O)N1CCCCC1. The molecule has 1 unspecified atom stereocenters. The van der Waals surface area contributed by atoms with E-state index in [2.05, 4.69) is 10.2 Å². The van der Waals surface area contributed by atoms with Gasteiger partial charge in [0.25, 0.3) is 0 Å². The Morgan fingerprint density at radius 3 is 2.41 bits per heavy atom. The molecule has 0 aliphatic carbocycles. The number of carbonyl (C=O) groups is 2. The van der Waals surface area contributed by atoms with Gasteiger partial charge in [-0.1, -0.05) is 6.42 Å². The van der Waals surface area contributed by atoms with Gasteiger partial charge in [0, 0.05) is 25.7 Å². The summed E-state index contributed by atoms with van der Waals surface area (Å²) in [6.45, 7) is 7.49. The number of aldehydes is 1. The molecule has 0 radical (unpaired) electrons. The topological polar surface area (TPSA) is 84.7 Å². The zero-order chi connectivity index (χ0) is 16.6. The van der Waals surface area contributed by atoms with Crippen LogP contribution in [0, 0.1) is 0 Å². The third-order valence-electron chi connectivity index (χ3n) is 3.64. The Morgan fingerprint density at radius 1 is 1.27 bits per heavy atom. The van der Waals surface area contributed by atoms with Gasteiger partial charge < -0.3 is 15.8 Å². The van der Waals surface area contributed by atoms with E-state index >= 15 is 0 Å². The molecule has 6 heteroatoms. The fraction of sp³-hybridized carbons (Fsp3) is 0.750. The number of nitrogens with two attached hydrogens (primary N) is 1. The molecule has 22 heavy (non-hydrogen) atoms. The van der Waals surface area contributed by atoms with Crippen molar-refractivity contribution >= 4 is 12.3 Å². The molecule has 0 aromatic rings. The molecule has 0 spiro atoms. The number of likely N-dealkylation sites (tertiary alicyclic amines) is 1. The van der Waals surface area contributed by atoms with Crippen LogP contribution in [0.2, 0.25) is 0 Å². The van der Waals surface area contributed by atoms with E-state index in [0.717, 1.165) is 32.4 Å². The van der Waals surface area contributed by atoms with Crippen molar-refractivity contribution in [1.29, 1.82) is 0 Å². The monoisotopic (exact) mass is 311 g/mol. The lowest BCUT2D eigenvalue weighted by Gasteiger charge is -2.44. The first-order valence-electron chi connectivity index (χ1n) is 7.92. The number of carbonyl (C=O) groups excluding carboxylic acids is 2. The third-order valence-corrected chi connectivity index (χ3v) is 3.64. The molecule has 1 saturated heterocycles. The van der Waals surface area contributed by atoms with Crippen LogP contribution < -0.4 is 11.1 Å². The fourth-order valence-electron chi connectivity index (χ4n) is 2.68. The normalized spacial score (nSPS) is 19.6. The lowest BCUT2D eigenvalue weighted by atomic mass is 9.99. The van der Waals surface area contributed by atoms with Gasteiger partial charge in [0.15, 0.2) is 5.66 Å². The van der Waals surface area contributed by atoms with E-state index in [-0.39, 0.29) is 5.97 Å². The molecule has 1 heterocycles. The molecule has 1 atom stereocenters. The summed E-state index contributed by atoms with van der Waals surface area (Å²) in [5, 5.41) is 3.09. The summed E-state index contributed by atoms with van der Waals surface area (Å²) in [5.41, 5.74) is 4.17. The summed E-state index contributed by atoms with van der Waals surface area (Å²) in [6, 6.07) is 0. The summed E-state index contributed by atoms with van der Waals surface area (Å²) in [4.78, 5) is 25.5. The zero-order valence-electron chi connectivity index (χ0n) is 13.9. The number of ether oxygens (including phenoxy) is 1. The molecule has 0 bridgehead atoms. The first-order valence-corrected chi connectivity index (χ1v) is 7.92. The predicted molar refractivity (Wildman–Crippen MR) is 86.0 cm³/mol. The summed E-state index contributed by atoms with van der Waals surface area (Å²) < 4.78 is 5.62. The third kappa shape index (κ3) is 5.10. The second kappa shape index (κ2) is 8.29. The molecule has 0 aromatic heterocycles. The number of rotatable bonds is 7. The van der Waals surface area contributed by atoms with E-state index in [9.17, 15) is 9.59 Å². The van der Waals surface area contributed by atoms with Crippen molar-refractivity contribution in [3.05, 3.63) is 12.3 Å². The number of allylic oxidation sites excluding steroid dienone is 1. The number of hydrogen-bond donors (Lipinski definition) is 2. The quantitative estimate of drug-likeness (QED) is 0.417. The molecule has 0 saturated carbocycles. The van der Waals surface area contributed by atoms with E-state index in [1.165, 1.54) is 12.3 Å². The molecule has 1 aliphatic rings. The summed E-state index contributed by atoms with van der Waals surface area (Å²) in [6.07, 6.45) is 7.16. The van der Waals surface area contributed by atoms with Gasteiger partial charge in [0.05, 0.1) is 0 Å². The van der Waals surface area contributed by atoms with Crippen molar-refractivity contribution in [3.8, 4) is 0 Å². The predicted octanol–water partition coefficient (Wildman–Crippen LogP) is 1.16. The highest BCUT2D eigenvalue weighted by molar-refractivity contribution is 5.81. The van der Waals surface area contributed by atoms with E-state index in [1.54, 1.807) is 0 Å². The Hall–Kier alpha value is -1.40. The largest absolute Gasteiger partial charge is 0.457 e. The van der Waals surface area contributed by atoms with Crippen molar-refractivity contribution in [1.82, 2.24) is 10.2 Å². The van der Waals surface area contributed by atoms with Crippen LogP contribution >= 0.6 is 0 Å². The van der Waals surface area contributed by atoms with Crippen LogP contribution in [0.15, 0.2) is 12.3 Å². The standard InChI is InChI=1S/C16H29N3O3/c1-15(2,3)22-14(21)16(8-9-17,18-10-7-13-20)19-11-5-4-6-12-19/h7,10,13,18H,4-6,8-9,11-12,17H2,1-3H3. The van der Waals surface area contributed by atoms with Gasteiger partial charge in [-0.05, 0) is 46.2 Å². The highest BCUT2D eigenvalue weighted by atomic mass is 16.6. The van der Waals surface area contributed by atoms with E-state index in [0.29, 0.717) is 19.3 Å². The number of piperidine rings is 1. The lowest BCUT2D eigenvalue weighted by molar-refractivity contribution is -0.173. The second-order valence-electron chi connectivity index (χ2n) is 6.59. The van der Waals surface area contributed by atoms with Crippen LogP contribution in [0.4, 0.5) is 0 Å². The van der Waals surface area contributed by atoms with Crippen LogP contribution in [-0.4, -0.2) is 48.1 Å². The van der Waals surface area contributed by atoms with Crippen molar-refractivity contribution in [2.75, 3.05) is 19.6 Å². The molecular weight excluding hydrogens is 282 g/mol. The van der Waals surface area contributed by atoms with E-state index in [1.807, 2.05) is 20.8 Å². The van der Waals surface area contributed by atoms with Crippen molar-refractivity contribution in [2.24, 2.45) is 5.73 Å².